The summed E-state index contributed by atoms with van der Waals surface area (Å²) in [7, 11) is 0. The van der Waals surface area contributed by atoms with Crippen molar-refractivity contribution in [3.63, 3.8) is 0 Å². The van der Waals surface area contributed by atoms with E-state index in [-0.39, 0.29) is 0 Å². The Balaban J connectivity index is 1.65. The summed E-state index contributed by atoms with van der Waals surface area (Å²) < 4.78 is 5.61. The zero-order valence-corrected chi connectivity index (χ0v) is 12.7. The highest BCUT2D eigenvalue weighted by Crippen LogP contribution is 2.29. The molecule has 20 heavy (non-hydrogen) atoms. The number of furan rings is 1. The van der Waals surface area contributed by atoms with Gasteiger partial charge in [-0.3, -0.25) is 4.90 Å². The standard InChI is InChI=1S/C17H28N2O/c1-14(17-9-5-12-20-17)19-11-6-10-18-16(13-19)15-7-3-2-4-8-15/h5,9,12,14-16,18H,2-4,6-8,10-11,13H2,1H3. The summed E-state index contributed by atoms with van der Waals surface area (Å²) >= 11 is 0. The van der Waals surface area contributed by atoms with Gasteiger partial charge in [-0.05, 0) is 50.8 Å². The van der Waals surface area contributed by atoms with Gasteiger partial charge in [0, 0.05) is 19.1 Å². The van der Waals surface area contributed by atoms with Crippen molar-refractivity contribution < 1.29 is 4.42 Å². The summed E-state index contributed by atoms with van der Waals surface area (Å²) in [6.45, 7) is 5.80. The predicted molar refractivity (Wildman–Crippen MR) is 81.7 cm³/mol. The minimum absolute atomic E-state index is 0.399. The lowest BCUT2D eigenvalue weighted by molar-refractivity contribution is 0.156. The monoisotopic (exact) mass is 276 g/mol. The molecule has 1 saturated heterocycles. The molecule has 0 aromatic carbocycles. The van der Waals surface area contributed by atoms with E-state index < -0.39 is 0 Å². The minimum atomic E-state index is 0.399. The molecule has 2 aliphatic rings. The molecule has 1 aliphatic heterocycles. The van der Waals surface area contributed by atoms with Crippen LogP contribution in [0.3, 0.4) is 0 Å². The number of nitrogens with zero attached hydrogens (tertiary/aromatic N) is 1. The van der Waals surface area contributed by atoms with Crippen LogP contribution in [-0.2, 0) is 0 Å². The van der Waals surface area contributed by atoms with Crippen LogP contribution in [0.4, 0.5) is 0 Å². The van der Waals surface area contributed by atoms with Crippen molar-refractivity contribution in [1.82, 2.24) is 10.2 Å². The third kappa shape index (κ3) is 3.26. The Morgan fingerprint density at radius 1 is 1.25 bits per heavy atom. The highest BCUT2D eigenvalue weighted by molar-refractivity contribution is 5.04. The lowest BCUT2D eigenvalue weighted by atomic mass is 9.83. The third-order valence-corrected chi connectivity index (χ3v) is 5.18. The second-order valence-electron chi connectivity index (χ2n) is 6.50. The topological polar surface area (TPSA) is 28.4 Å². The molecule has 3 rings (SSSR count). The van der Waals surface area contributed by atoms with Crippen LogP contribution in [0.15, 0.2) is 22.8 Å². The Labute approximate surface area is 122 Å². The Morgan fingerprint density at radius 2 is 2.10 bits per heavy atom. The summed E-state index contributed by atoms with van der Waals surface area (Å²) in [6, 6.07) is 5.19. The molecule has 3 heteroatoms. The van der Waals surface area contributed by atoms with E-state index in [0.717, 1.165) is 11.7 Å². The van der Waals surface area contributed by atoms with Gasteiger partial charge >= 0.3 is 0 Å². The molecule has 2 unspecified atom stereocenters. The largest absolute Gasteiger partial charge is 0.468 e. The molecule has 112 valence electrons. The van der Waals surface area contributed by atoms with E-state index >= 15 is 0 Å². The Bertz CT molecular complexity index is 384. The van der Waals surface area contributed by atoms with Crippen LogP contribution in [0.1, 0.15) is 57.3 Å². The van der Waals surface area contributed by atoms with Crippen LogP contribution in [0.5, 0.6) is 0 Å². The quantitative estimate of drug-likeness (QED) is 0.914. The summed E-state index contributed by atoms with van der Waals surface area (Å²) in [4.78, 5) is 2.61. The fourth-order valence-corrected chi connectivity index (χ4v) is 3.89. The first-order valence-electron chi connectivity index (χ1n) is 8.35. The van der Waals surface area contributed by atoms with Gasteiger partial charge in [0.25, 0.3) is 0 Å². The average molecular weight is 276 g/mol. The van der Waals surface area contributed by atoms with Crippen molar-refractivity contribution in [2.45, 2.75) is 57.5 Å². The van der Waals surface area contributed by atoms with Gasteiger partial charge in [0.05, 0.1) is 12.3 Å². The lowest BCUT2D eigenvalue weighted by Gasteiger charge is -2.34. The summed E-state index contributed by atoms with van der Waals surface area (Å²) in [6.07, 6.45) is 10.2. The van der Waals surface area contributed by atoms with Gasteiger partial charge < -0.3 is 9.73 Å². The van der Waals surface area contributed by atoms with Gasteiger partial charge in [-0.2, -0.15) is 0 Å². The van der Waals surface area contributed by atoms with Crippen molar-refractivity contribution in [2.24, 2.45) is 5.92 Å². The molecule has 1 aromatic heterocycles. The normalized spacial score (nSPS) is 28.1. The smallest absolute Gasteiger partial charge is 0.120 e. The molecular weight excluding hydrogens is 248 g/mol. The van der Waals surface area contributed by atoms with Gasteiger partial charge in [-0.25, -0.2) is 0 Å². The molecule has 0 amide bonds. The van der Waals surface area contributed by atoms with Crippen LogP contribution < -0.4 is 5.32 Å². The molecule has 2 atom stereocenters. The summed E-state index contributed by atoms with van der Waals surface area (Å²) in [5, 5.41) is 3.81. The molecule has 1 aromatic rings. The number of hydrogen-bond donors (Lipinski definition) is 1. The first-order chi connectivity index (χ1) is 9.84. The van der Waals surface area contributed by atoms with Crippen LogP contribution in [0, 0.1) is 5.92 Å². The Morgan fingerprint density at radius 3 is 2.85 bits per heavy atom. The van der Waals surface area contributed by atoms with Crippen molar-refractivity contribution in [1.29, 1.82) is 0 Å². The zero-order chi connectivity index (χ0) is 13.8. The van der Waals surface area contributed by atoms with Gasteiger partial charge in [0.1, 0.15) is 5.76 Å². The van der Waals surface area contributed by atoms with E-state index in [9.17, 15) is 0 Å². The fraction of sp³-hybridized carbons (Fsp3) is 0.765. The number of hydrogen-bond acceptors (Lipinski definition) is 3. The van der Waals surface area contributed by atoms with E-state index in [1.165, 1.54) is 58.2 Å². The predicted octanol–water partition coefficient (Wildman–Crippen LogP) is 3.58. The zero-order valence-electron chi connectivity index (χ0n) is 12.7. The van der Waals surface area contributed by atoms with Gasteiger partial charge in [-0.15, -0.1) is 0 Å². The maximum Gasteiger partial charge on any atom is 0.120 e. The molecule has 0 bridgehead atoms. The van der Waals surface area contributed by atoms with Crippen LogP contribution in [0.25, 0.3) is 0 Å². The number of rotatable bonds is 3. The van der Waals surface area contributed by atoms with Crippen molar-refractivity contribution in [3.8, 4) is 0 Å². The number of nitrogens with one attached hydrogen (secondary N) is 1. The molecule has 1 saturated carbocycles. The third-order valence-electron chi connectivity index (χ3n) is 5.18. The maximum atomic E-state index is 5.61. The lowest BCUT2D eigenvalue weighted by Crippen LogP contribution is -2.44. The van der Waals surface area contributed by atoms with Gasteiger partial charge in [-0.1, -0.05) is 19.3 Å². The van der Waals surface area contributed by atoms with E-state index in [1.807, 2.05) is 6.07 Å². The molecule has 3 nitrogen and oxygen atoms in total. The van der Waals surface area contributed by atoms with E-state index in [4.69, 9.17) is 4.42 Å². The van der Waals surface area contributed by atoms with Crippen molar-refractivity contribution in [3.05, 3.63) is 24.2 Å². The van der Waals surface area contributed by atoms with Crippen molar-refractivity contribution in [2.75, 3.05) is 19.6 Å². The highest BCUT2D eigenvalue weighted by Gasteiger charge is 2.29. The van der Waals surface area contributed by atoms with Crippen LogP contribution in [0.2, 0.25) is 0 Å². The summed E-state index contributed by atoms with van der Waals surface area (Å²) in [5.74, 6) is 1.99. The first kappa shape index (κ1) is 14.2. The van der Waals surface area contributed by atoms with E-state index in [1.54, 1.807) is 6.26 Å². The second-order valence-corrected chi connectivity index (χ2v) is 6.50. The minimum Gasteiger partial charge on any atom is -0.468 e. The van der Waals surface area contributed by atoms with E-state index in [2.05, 4.69) is 23.2 Å². The molecule has 0 spiro atoms. The Hall–Kier alpha value is -0.800. The molecular formula is C17H28N2O. The molecule has 2 heterocycles. The van der Waals surface area contributed by atoms with E-state index in [0.29, 0.717) is 12.1 Å². The highest BCUT2D eigenvalue weighted by atomic mass is 16.3. The van der Waals surface area contributed by atoms with Crippen LogP contribution in [-0.4, -0.2) is 30.6 Å². The molecule has 1 N–H and O–H groups in total. The molecule has 2 fully saturated rings. The Kier molecular flexibility index (Phi) is 4.79. The average Bonchev–Trinajstić information content (AvgIpc) is 2.92. The van der Waals surface area contributed by atoms with Crippen molar-refractivity contribution >= 4 is 0 Å². The fourth-order valence-electron chi connectivity index (χ4n) is 3.89. The molecule has 1 aliphatic carbocycles. The SMILES string of the molecule is CC(c1ccco1)N1CCCNC(C2CCCCC2)C1. The summed E-state index contributed by atoms with van der Waals surface area (Å²) in [5.41, 5.74) is 0. The maximum absolute atomic E-state index is 5.61. The molecule has 0 radical (unpaired) electrons. The second kappa shape index (κ2) is 6.77. The van der Waals surface area contributed by atoms with Crippen LogP contribution >= 0.6 is 0 Å². The van der Waals surface area contributed by atoms with Gasteiger partial charge in [0.15, 0.2) is 0 Å². The first-order valence-corrected chi connectivity index (χ1v) is 8.35. The van der Waals surface area contributed by atoms with Gasteiger partial charge in [0.2, 0.25) is 0 Å².